The van der Waals surface area contributed by atoms with Crippen molar-refractivity contribution in [1.29, 1.82) is 0 Å². The van der Waals surface area contributed by atoms with Crippen molar-refractivity contribution in [1.82, 2.24) is 20.1 Å². The summed E-state index contributed by atoms with van der Waals surface area (Å²) >= 11 is 0. The lowest BCUT2D eigenvalue weighted by molar-refractivity contribution is 0.303. The fourth-order valence-electron chi connectivity index (χ4n) is 3.03. The molecule has 1 aromatic heterocycles. The number of aromatic nitrogens is 3. The van der Waals surface area contributed by atoms with Crippen molar-refractivity contribution in [2.75, 3.05) is 31.5 Å². The van der Waals surface area contributed by atoms with Crippen LogP contribution in [-0.4, -0.2) is 46.3 Å². The van der Waals surface area contributed by atoms with Crippen molar-refractivity contribution in [3.05, 3.63) is 60.7 Å². The number of anilines is 1. The van der Waals surface area contributed by atoms with E-state index < -0.39 is 0 Å². The molecule has 0 unspecified atom stereocenters. The van der Waals surface area contributed by atoms with Crippen LogP contribution in [0.15, 0.2) is 60.7 Å². The van der Waals surface area contributed by atoms with Crippen LogP contribution in [0, 0.1) is 0 Å². The fourth-order valence-corrected chi connectivity index (χ4v) is 3.03. The van der Waals surface area contributed by atoms with Gasteiger partial charge in [0.15, 0.2) is 0 Å². The van der Waals surface area contributed by atoms with E-state index in [0.29, 0.717) is 5.95 Å². The van der Waals surface area contributed by atoms with Crippen LogP contribution in [0.2, 0.25) is 0 Å². The summed E-state index contributed by atoms with van der Waals surface area (Å²) in [5.74, 6) is 0.577. The molecule has 0 fully saturated rings. The first-order valence-corrected chi connectivity index (χ1v) is 9.63. The van der Waals surface area contributed by atoms with Crippen molar-refractivity contribution in [2.24, 2.45) is 0 Å². The summed E-state index contributed by atoms with van der Waals surface area (Å²) in [4.78, 5) is 7.19. The smallest absolute Gasteiger partial charge is 0.243 e. The fraction of sp³-hybridized carbons (Fsp3) is 0.318. The molecule has 5 heteroatoms. The predicted molar refractivity (Wildman–Crippen MR) is 112 cm³/mol. The number of hydrogen-bond donors (Lipinski definition) is 1. The molecule has 0 atom stereocenters. The van der Waals surface area contributed by atoms with Gasteiger partial charge in [-0.25, -0.2) is 4.98 Å². The van der Waals surface area contributed by atoms with E-state index in [-0.39, 0.29) is 0 Å². The second kappa shape index (κ2) is 9.78. The molecule has 0 aliphatic carbocycles. The van der Waals surface area contributed by atoms with E-state index in [2.05, 4.69) is 46.4 Å². The second-order valence-electron chi connectivity index (χ2n) is 6.37. The first-order chi connectivity index (χ1) is 13.3. The molecule has 3 aromatic rings. The Balaban J connectivity index is 1.79. The Labute approximate surface area is 161 Å². The normalized spacial score (nSPS) is 10.9. The lowest BCUT2D eigenvalue weighted by atomic mass is 10.0. The Morgan fingerprint density at radius 2 is 1.37 bits per heavy atom. The van der Waals surface area contributed by atoms with Crippen LogP contribution in [0.4, 0.5) is 5.95 Å². The topological polar surface area (TPSA) is 53.9 Å². The molecule has 0 aliphatic heterocycles. The Morgan fingerprint density at radius 1 is 0.778 bits per heavy atom. The standard InChI is InChI=1S/C22H27N5/c1-3-27(4-2)17-11-16-23-22-24-20(18-12-7-5-8-13-18)21(25-26-22)19-14-9-6-10-15-19/h5-10,12-15H,3-4,11,16-17H2,1-2H3,(H,23,24,26). The number of nitrogens with zero attached hydrogens (tertiary/aromatic N) is 4. The van der Waals surface area contributed by atoms with E-state index >= 15 is 0 Å². The van der Waals surface area contributed by atoms with Gasteiger partial charge in [0.1, 0.15) is 11.4 Å². The summed E-state index contributed by atoms with van der Waals surface area (Å²) in [5.41, 5.74) is 3.71. The molecule has 27 heavy (non-hydrogen) atoms. The van der Waals surface area contributed by atoms with Crippen LogP contribution >= 0.6 is 0 Å². The molecule has 0 amide bonds. The van der Waals surface area contributed by atoms with Crippen LogP contribution in [-0.2, 0) is 0 Å². The molecule has 3 rings (SSSR count). The minimum atomic E-state index is 0.577. The lowest BCUT2D eigenvalue weighted by Gasteiger charge is -2.17. The van der Waals surface area contributed by atoms with Gasteiger partial charge in [-0.2, -0.15) is 0 Å². The van der Waals surface area contributed by atoms with Gasteiger partial charge in [-0.1, -0.05) is 74.5 Å². The average molecular weight is 361 g/mol. The SMILES string of the molecule is CCN(CC)CCCNc1nnc(-c2ccccc2)c(-c2ccccc2)n1. The van der Waals surface area contributed by atoms with Crippen LogP contribution in [0.3, 0.4) is 0 Å². The third-order valence-electron chi connectivity index (χ3n) is 4.61. The molecule has 0 aliphatic rings. The number of benzene rings is 2. The Bertz CT molecular complexity index is 817. The van der Waals surface area contributed by atoms with Crippen molar-refractivity contribution in [3.8, 4) is 22.5 Å². The third-order valence-corrected chi connectivity index (χ3v) is 4.61. The highest BCUT2D eigenvalue weighted by molar-refractivity contribution is 5.77. The minimum absolute atomic E-state index is 0.577. The van der Waals surface area contributed by atoms with Gasteiger partial charge in [-0.05, 0) is 26.1 Å². The van der Waals surface area contributed by atoms with Crippen LogP contribution in [0.5, 0.6) is 0 Å². The molecule has 0 bridgehead atoms. The highest BCUT2D eigenvalue weighted by Crippen LogP contribution is 2.28. The maximum Gasteiger partial charge on any atom is 0.243 e. The van der Waals surface area contributed by atoms with Crippen LogP contribution in [0.1, 0.15) is 20.3 Å². The number of rotatable bonds is 9. The molecule has 140 valence electrons. The number of nitrogens with one attached hydrogen (secondary N) is 1. The van der Waals surface area contributed by atoms with E-state index in [0.717, 1.165) is 55.1 Å². The molecule has 2 aromatic carbocycles. The lowest BCUT2D eigenvalue weighted by Crippen LogP contribution is -2.25. The predicted octanol–water partition coefficient (Wildman–Crippen LogP) is 4.35. The highest BCUT2D eigenvalue weighted by atomic mass is 15.2. The maximum atomic E-state index is 4.78. The van der Waals surface area contributed by atoms with Gasteiger partial charge in [0.05, 0.1) is 0 Å². The van der Waals surface area contributed by atoms with E-state index in [9.17, 15) is 0 Å². The quantitative estimate of drug-likeness (QED) is 0.574. The first-order valence-electron chi connectivity index (χ1n) is 9.63. The molecule has 0 saturated heterocycles. The second-order valence-corrected chi connectivity index (χ2v) is 6.37. The zero-order valence-electron chi connectivity index (χ0n) is 16.1. The Morgan fingerprint density at radius 3 is 1.96 bits per heavy atom. The van der Waals surface area contributed by atoms with Gasteiger partial charge in [0.25, 0.3) is 0 Å². The summed E-state index contributed by atoms with van der Waals surface area (Å²) < 4.78 is 0. The first kappa shape index (κ1) is 19.0. The van der Waals surface area contributed by atoms with Crippen molar-refractivity contribution < 1.29 is 0 Å². The largest absolute Gasteiger partial charge is 0.353 e. The zero-order chi connectivity index (χ0) is 18.9. The zero-order valence-corrected chi connectivity index (χ0v) is 16.1. The number of hydrogen-bond acceptors (Lipinski definition) is 5. The van der Waals surface area contributed by atoms with Gasteiger partial charge >= 0.3 is 0 Å². The van der Waals surface area contributed by atoms with Gasteiger partial charge < -0.3 is 10.2 Å². The third kappa shape index (κ3) is 5.11. The summed E-state index contributed by atoms with van der Waals surface area (Å²) in [6, 6.07) is 20.2. The Hall–Kier alpha value is -2.79. The van der Waals surface area contributed by atoms with Crippen molar-refractivity contribution in [2.45, 2.75) is 20.3 Å². The minimum Gasteiger partial charge on any atom is -0.353 e. The monoisotopic (exact) mass is 361 g/mol. The Kier molecular flexibility index (Phi) is 6.88. The van der Waals surface area contributed by atoms with Crippen LogP contribution < -0.4 is 5.32 Å². The molecule has 5 nitrogen and oxygen atoms in total. The van der Waals surface area contributed by atoms with Gasteiger partial charge in [0, 0.05) is 17.7 Å². The molecule has 0 spiro atoms. The summed E-state index contributed by atoms with van der Waals surface area (Å²) in [6.07, 6.45) is 1.05. The molecular weight excluding hydrogens is 334 g/mol. The van der Waals surface area contributed by atoms with Crippen LogP contribution in [0.25, 0.3) is 22.5 Å². The molecule has 0 radical (unpaired) electrons. The van der Waals surface area contributed by atoms with E-state index in [1.54, 1.807) is 0 Å². The highest BCUT2D eigenvalue weighted by Gasteiger charge is 2.13. The van der Waals surface area contributed by atoms with E-state index in [1.165, 1.54) is 0 Å². The maximum absolute atomic E-state index is 4.78. The summed E-state index contributed by atoms with van der Waals surface area (Å²) in [6.45, 7) is 8.45. The summed E-state index contributed by atoms with van der Waals surface area (Å²) in [7, 11) is 0. The van der Waals surface area contributed by atoms with E-state index in [1.807, 2.05) is 48.5 Å². The molecule has 0 saturated carbocycles. The molecular formula is C22H27N5. The average Bonchev–Trinajstić information content (AvgIpc) is 2.75. The van der Waals surface area contributed by atoms with Crippen molar-refractivity contribution in [3.63, 3.8) is 0 Å². The molecule has 1 N–H and O–H groups in total. The molecule has 1 heterocycles. The van der Waals surface area contributed by atoms with Gasteiger partial charge in [-0.3, -0.25) is 0 Å². The van der Waals surface area contributed by atoms with Gasteiger partial charge in [-0.15, -0.1) is 10.2 Å². The van der Waals surface area contributed by atoms with E-state index in [4.69, 9.17) is 4.98 Å². The van der Waals surface area contributed by atoms with Gasteiger partial charge in [0.2, 0.25) is 5.95 Å². The summed E-state index contributed by atoms with van der Waals surface area (Å²) in [5, 5.41) is 12.1. The van der Waals surface area contributed by atoms with Crippen molar-refractivity contribution >= 4 is 5.95 Å².